The van der Waals surface area contributed by atoms with Crippen LogP contribution in [0.1, 0.15) is 10.4 Å². The molecule has 0 radical (unpaired) electrons. The van der Waals surface area contributed by atoms with E-state index in [0.717, 1.165) is 5.56 Å². The highest BCUT2D eigenvalue weighted by molar-refractivity contribution is 6.04. The third kappa shape index (κ3) is 2.92. The van der Waals surface area contributed by atoms with Gasteiger partial charge in [-0.25, -0.2) is 4.98 Å². The highest BCUT2D eigenvalue weighted by atomic mass is 16.3. The van der Waals surface area contributed by atoms with Crippen LogP contribution in [0.3, 0.4) is 0 Å². The van der Waals surface area contributed by atoms with Crippen LogP contribution in [-0.4, -0.2) is 10.9 Å². The van der Waals surface area contributed by atoms with Crippen LogP contribution < -0.4 is 11.1 Å². The van der Waals surface area contributed by atoms with Crippen molar-refractivity contribution in [2.24, 2.45) is 0 Å². The van der Waals surface area contributed by atoms with Gasteiger partial charge in [-0.3, -0.25) is 4.79 Å². The van der Waals surface area contributed by atoms with Crippen LogP contribution in [0.4, 0.5) is 11.4 Å². The molecule has 0 aliphatic rings. The lowest BCUT2D eigenvalue weighted by molar-refractivity contribution is 0.102. The summed E-state index contributed by atoms with van der Waals surface area (Å²) in [5, 5.41) is 2.83. The lowest BCUT2D eigenvalue weighted by atomic mass is 10.1. The summed E-state index contributed by atoms with van der Waals surface area (Å²) in [5.41, 5.74) is 8.27. The molecule has 0 unspecified atom stereocenters. The number of amides is 1. The second kappa shape index (κ2) is 5.50. The molecular weight excluding hydrogens is 266 g/mol. The molecule has 104 valence electrons. The minimum Gasteiger partial charge on any atom is -0.444 e. The maximum Gasteiger partial charge on any atom is 0.255 e. The van der Waals surface area contributed by atoms with Gasteiger partial charge in [-0.2, -0.15) is 0 Å². The minimum absolute atomic E-state index is 0.211. The van der Waals surface area contributed by atoms with Crippen molar-refractivity contribution >= 4 is 17.3 Å². The Kier molecular flexibility index (Phi) is 3.39. The predicted molar refractivity (Wildman–Crippen MR) is 80.7 cm³/mol. The number of carbonyl (C=O) groups is 1. The zero-order chi connectivity index (χ0) is 14.7. The molecule has 3 N–H and O–H groups in total. The van der Waals surface area contributed by atoms with Crippen molar-refractivity contribution in [1.82, 2.24) is 4.98 Å². The number of nitrogen functional groups attached to an aromatic ring is 1. The Morgan fingerprint density at radius 2 is 2.00 bits per heavy atom. The van der Waals surface area contributed by atoms with Gasteiger partial charge in [-0.05, 0) is 30.3 Å². The summed E-state index contributed by atoms with van der Waals surface area (Å²) < 4.78 is 5.24. The number of rotatable bonds is 3. The highest BCUT2D eigenvalue weighted by Crippen LogP contribution is 2.22. The normalized spacial score (nSPS) is 10.3. The highest BCUT2D eigenvalue weighted by Gasteiger charge is 2.08. The van der Waals surface area contributed by atoms with Gasteiger partial charge in [0.1, 0.15) is 0 Å². The standard InChI is InChI=1S/C16H13N3O2/c17-13-5-1-4-12(7-13)16(20)19-14-6-2-3-11(8-14)15-9-18-10-21-15/h1-10H,17H2,(H,19,20). The fourth-order valence-electron chi connectivity index (χ4n) is 1.99. The SMILES string of the molecule is Nc1cccc(C(=O)Nc2cccc(-c3cnco3)c2)c1. The van der Waals surface area contributed by atoms with Crippen molar-refractivity contribution in [2.45, 2.75) is 0 Å². The lowest BCUT2D eigenvalue weighted by Crippen LogP contribution is -2.12. The Bertz CT molecular complexity index is 767. The van der Waals surface area contributed by atoms with Crippen LogP contribution >= 0.6 is 0 Å². The number of oxazole rings is 1. The molecular formula is C16H13N3O2. The van der Waals surface area contributed by atoms with Gasteiger partial charge in [0.2, 0.25) is 0 Å². The van der Waals surface area contributed by atoms with E-state index in [4.69, 9.17) is 10.2 Å². The van der Waals surface area contributed by atoms with E-state index in [-0.39, 0.29) is 5.91 Å². The van der Waals surface area contributed by atoms with Crippen LogP contribution in [0.25, 0.3) is 11.3 Å². The third-order valence-corrected chi connectivity index (χ3v) is 2.99. The fourth-order valence-corrected chi connectivity index (χ4v) is 1.99. The number of nitrogens with one attached hydrogen (secondary N) is 1. The molecule has 5 heteroatoms. The van der Waals surface area contributed by atoms with Crippen molar-refractivity contribution in [3.8, 4) is 11.3 Å². The van der Waals surface area contributed by atoms with Gasteiger partial charge >= 0.3 is 0 Å². The zero-order valence-corrected chi connectivity index (χ0v) is 11.1. The Balaban J connectivity index is 1.82. The molecule has 3 aromatic rings. The molecule has 0 aliphatic carbocycles. The van der Waals surface area contributed by atoms with Crippen LogP contribution in [0.5, 0.6) is 0 Å². The predicted octanol–water partition coefficient (Wildman–Crippen LogP) is 3.18. The molecule has 21 heavy (non-hydrogen) atoms. The van der Waals surface area contributed by atoms with Crippen LogP contribution in [0.15, 0.2) is 65.5 Å². The number of hydrogen-bond donors (Lipinski definition) is 2. The Morgan fingerprint density at radius 1 is 1.14 bits per heavy atom. The first-order valence-corrected chi connectivity index (χ1v) is 6.38. The third-order valence-electron chi connectivity index (χ3n) is 2.99. The molecule has 0 bridgehead atoms. The number of carbonyl (C=O) groups excluding carboxylic acids is 1. The van der Waals surface area contributed by atoms with E-state index in [1.807, 2.05) is 24.3 Å². The summed E-state index contributed by atoms with van der Waals surface area (Å²) in [6, 6.07) is 14.2. The van der Waals surface area contributed by atoms with Gasteiger partial charge in [0.15, 0.2) is 12.2 Å². The average molecular weight is 279 g/mol. The molecule has 0 spiro atoms. The van der Waals surface area contributed by atoms with E-state index in [1.165, 1.54) is 6.39 Å². The van der Waals surface area contributed by atoms with Crippen molar-refractivity contribution in [3.63, 3.8) is 0 Å². The van der Waals surface area contributed by atoms with E-state index in [9.17, 15) is 4.79 Å². The van der Waals surface area contributed by atoms with Gasteiger partial charge in [0, 0.05) is 22.5 Å². The topological polar surface area (TPSA) is 81.2 Å². The Morgan fingerprint density at radius 3 is 2.76 bits per heavy atom. The van der Waals surface area contributed by atoms with Crippen molar-refractivity contribution in [1.29, 1.82) is 0 Å². The molecule has 5 nitrogen and oxygen atoms in total. The van der Waals surface area contributed by atoms with Crippen LogP contribution in [-0.2, 0) is 0 Å². The number of nitrogens with two attached hydrogens (primary N) is 1. The quantitative estimate of drug-likeness (QED) is 0.721. The summed E-state index contributed by atoms with van der Waals surface area (Å²) in [6.07, 6.45) is 2.99. The first-order chi connectivity index (χ1) is 10.2. The lowest BCUT2D eigenvalue weighted by Gasteiger charge is -2.07. The zero-order valence-electron chi connectivity index (χ0n) is 11.1. The molecule has 3 rings (SSSR count). The largest absolute Gasteiger partial charge is 0.444 e. The molecule has 0 saturated carbocycles. The van der Waals surface area contributed by atoms with Crippen LogP contribution in [0.2, 0.25) is 0 Å². The van der Waals surface area contributed by atoms with Gasteiger partial charge in [-0.1, -0.05) is 18.2 Å². The first-order valence-electron chi connectivity index (χ1n) is 6.38. The fraction of sp³-hybridized carbons (Fsp3) is 0. The summed E-state index contributed by atoms with van der Waals surface area (Å²) in [6.45, 7) is 0. The molecule has 1 heterocycles. The number of nitrogens with zero attached hydrogens (tertiary/aromatic N) is 1. The first kappa shape index (κ1) is 12.9. The van der Waals surface area contributed by atoms with Crippen molar-refractivity contribution in [3.05, 3.63) is 66.7 Å². The molecule has 0 saturated heterocycles. The molecule has 2 aromatic carbocycles. The maximum absolute atomic E-state index is 12.2. The Hall–Kier alpha value is -3.08. The van der Waals surface area contributed by atoms with Crippen molar-refractivity contribution in [2.75, 3.05) is 11.1 Å². The van der Waals surface area contributed by atoms with Gasteiger partial charge in [0.05, 0.1) is 6.20 Å². The number of aromatic nitrogens is 1. The summed E-state index contributed by atoms with van der Waals surface area (Å²) in [4.78, 5) is 16.0. The number of hydrogen-bond acceptors (Lipinski definition) is 4. The van der Waals surface area contributed by atoms with Crippen LogP contribution in [0, 0.1) is 0 Å². The number of anilines is 2. The van der Waals surface area contributed by atoms with E-state index < -0.39 is 0 Å². The second-order valence-corrected chi connectivity index (χ2v) is 4.53. The smallest absolute Gasteiger partial charge is 0.255 e. The van der Waals surface area contributed by atoms with Gasteiger partial charge in [0.25, 0.3) is 5.91 Å². The molecule has 1 aromatic heterocycles. The summed E-state index contributed by atoms with van der Waals surface area (Å²) in [5.74, 6) is 0.437. The van der Waals surface area contributed by atoms with Gasteiger partial charge < -0.3 is 15.5 Å². The van der Waals surface area contributed by atoms with E-state index in [0.29, 0.717) is 22.7 Å². The number of benzene rings is 2. The molecule has 0 atom stereocenters. The van der Waals surface area contributed by atoms with Crippen molar-refractivity contribution < 1.29 is 9.21 Å². The Labute approximate surface area is 121 Å². The van der Waals surface area contributed by atoms with Gasteiger partial charge in [-0.15, -0.1) is 0 Å². The monoisotopic (exact) mass is 279 g/mol. The summed E-state index contributed by atoms with van der Waals surface area (Å²) in [7, 11) is 0. The van der Waals surface area contributed by atoms with E-state index in [2.05, 4.69) is 10.3 Å². The maximum atomic E-state index is 12.2. The second-order valence-electron chi connectivity index (χ2n) is 4.53. The average Bonchev–Trinajstić information content (AvgIpc) is 3.02. The van der Waals surface area contributed by atoms with E-state index in [1.54, 1.807) is 30.5 Å². The van der Waals surface area contributed by atoms with E-state index >= 15 is 0 Å². The minimum atomic E-state index is -0.211. The molecule has 1 amide bonds. The summed E-state index contributed by atoms with van der Waals surface area (Å²) >= 11 is 0. The molecule has 0 fully saturated rings. The molecule has 0 aliphatic heterocycles.